The van der Waals surface area contributed by atoms with E-state index in [1.807, 2.05) is 18.2 Å². The number of aryl methyl sites for hydroxylation is 1. The van der Waals surface area contributed by atoms with Crippen LogP contribution < -0.4 is 4.74 Å². The minimum atomic E-state index is -0.120. The smallest absolute Gasteiger partial charge is 0.311 e. The molecule has 1 aromatic carbocycles. The van der Waals surface area contributed by atoms with E-state index < -0.39 is 0 Å². The molecule has 0 aliphatic heterocycles. The van der Waals surface area contributed by atoms with Gasteiger partial charge in [-0.3, -0.25) is 9.59 Å². The van der Waals surface area contributed by atoms with Crippen LogP contribution in [0.2, 0.25) is 0 Å². The first kappa shape index (κ1) is 40.1. The van der Waals surface area contributed by atoms with Gasteiger partial charge in [0.1, 0.15) is 5.75 Å². The van der Waals surface area contributed by atoms with Crippen LogP contribution in [0.5, 0.6) is 5.75 Å². The summed E-state index contributed by atoms with van der Waals surface area (Å²) in [7, 11) is 1.77. The Morgan fingerprint density at radius 2 is 1.18 bits per heavy atom. The molecule has 0 amide bonds. The Bertz CT molecular complexity index is 814. The molecule has 0 fully saturated rings. The van der Waals surface area contributed by atoms with Gasteiger partial charge in [-0.15, -0.1) is 0 Å². The van der Waals surface area contributed by atoms with Crippen LogP contribution in [0.15, 0.2) is 24.3 Å². The highest BCUT2D eigenvalue weighted by Gasteiger charge is 2.08. The van der Waals surface area contributed by atoms with Gasteiger partial charge in [0.15, 0.2) is 0 Å². The molecule has 0 heterocycles. The van der Waals surface area contributed by atoms with Crippen LogP contribution >= 0.6 is 0 Å². The van der Waals surface area contributed by atoms with Crippen LogP contribution in [-0.2, 0) is 25.5 Å². The molecule has 0 N–H and O–H groups in total. The molecule has 0 unspecified atom stereocenters. The van der Waals surface area contributed by atoms with Crippen LogP contribution in [-0.4, -0.2) is 56.8 Å². The van der Waals surface area contributed by atoms with Gasteiger partial charge >= 0.3 is 11.9 Å². The summed E-state index contributed by atoms with van der Waals surface area (Å²) in [6.45, 7) is 8.98. The molecule has 0 saturated carbocycles. The van der Waals surface area contributed by atoms with E-state index in [-0.39, 0.29) is 11.9 Å². The molecule has 6 heteroatoms. The Balaban J connectivity index is 2.05. The lowest BCUT2D eigenvalue weighted by molar-refractivity contribution is -0.144. The third-order valence-electron chi connectivity index (χ3n) is 8.28. The van der Waals surface area contributed by atoms with E-state index in [4.69, 9.17) is 14.2 Å². The lowest BCUT2D eigenvalue weighted by Gasteiger charge is -2.22. The molecule has 0 saturated heterocycles. The number of methoxy groups -OCH3 is 1. The molecule has 0 aliphatic rings. The first-order valence-electron chi connectivity index (χ1n) is 18.3. The fraction of sp³-hybridized carbons (Fsp3) is 0.789. The second-order valence-electron chi connectivity index (χ2n) is 12.4. The molecule has 0 spiro atoms. The van der Waals surface area contributed by atoms with E-state index in [0.29, 0.717) is 25.2 Å². The average molecular weight is 618 g/mol. The minimum Gasteiger partial charge on any atom is -0.466 e. The SMILES string of the molecule is CCCCCCCCOC(=O)CCCCCCCN(CCCCCCCC(=O)Oc1cccc(CCCCC)c1)CCOC. The molecule has 1 aromatic rings. The fourth-order valence-electron chi connectivity index (χ4n) is 5.49. The molecule has 0 bridgehead atoms. The summed E-state index contributed by atoms with van der Waals surface area (Å²) in [6, 6.07) is 8.00. The predicted octanol–water partition coefficient (Wildman–Crippen LogP) is 9.86. The van der Waals surface area contributed by atoms with E-state index in [1.165, 1.54) is 89.0 Å². The Morgan fingerprint density at radius 1 is 0.614 bits per heavy atom. The third-order valence-corrected chi connectivity index (χ3v) is 8.28. The fourth-order valence-corrected chi connectivity index (χ4v) is 5.49. The maximum atomic E-state index is 12.3. The number of unbranched alkanes of at least 4 members (excludes halogenated alkanes) is 15. The van der Waals surface area contributed by atoms with Crippen molar-refractivity contribution >= 4 is 11.9 Å². The van der Waals surface area contributed by atoms with E-state index in [2.05, 4.69) is 24.8 Å². The van der Waals surface area contributed by atoms with Gasteiger partial charge in [-0.05, 0) is 75.7 Å². The van der Waals surface area contributed by atoms with Gasteiger partial charge < -0.3 is 19.1 Å². The summed E-state index contributed by atoms with van der Waals surface area (Å²) in [4.78, 5) is 26.7. The standard InChI is InChI=1S/C38H67NO5/c1-4-6-8-9-16-22-32-43-37(40)27-18-12-10-14-20-29-39(31-33-42-3)30-21-15-11-13-19-28-38(41)44-36-26-23-25-35(34-36)24-17-7-5-2/h23,25-26,34H,4-22,24,27-33H2,1-3H3. The second kappa shape index (κ2) is 29.8. The van der Waals surface area contributed by atoms with Gasteiger partial charge in [0.2, 0.25) is 0 Å². The first-order valence-corrected chi connectivity index (χ1v) is 18.3. The van der Waals surface area contributed by atoms with Gasteiger partial charge in [-0.25, -0.2) is 0 Å². The number of hydrogen-bond acceptors (Lipinski definition) is 6. The van der Waals surface area contributed by atoms with Gasteiger partial charge in [0.25, 0.3) is 0 Å². The molecule has 6 nitrogen and oxygen atoms in total. The maximum Gasteiger partial charge on any atom is 0.311 e. The lowest BCUT2D eigenvalue weighted by atomic mass is 10.1. The molecule has 0 atom stereocenters. The second-order valence-corrected chi connectivity index (χ2v) is 12.4. The summed E-state index contributed by atoms with van der Waals surface area (Å²) in [5, 5.41) is 0. The number of nitrogens with zero attached hydrogens (tertiary/aromatic N) is 1. The van der Waals surface area contributed by atoms with Crippen molar-refractivity contribution in [2.45, 2.75) is 155 Å². The highest BCUT2D eigenvalue weighted by molar-refractivity contribution is 5.72. The van der Waals surface area contributed by atoms with Crippen LogP contribution in [0.3, 0.4) is 0 Å². The summed E-state index contributed by atoms with van der Waals surface area (Å²) < 4.78 is 16.3. The largest absolute Gasteiger partial charge is 0.466 e. The van der Waals surface area contributed by atoms with Crippen molar-refractivity contribution in [3.8, 4) is 5.75 Å². The zero-order valence-corrected chi connectivity index (χ0v) is 28.9. The van der Waals surface area contributed by atoms with Gasteiger partial charge in [-0.1, -0.05) is 109 Å². The number of rotatable bonds is 31. The van der Waals surface area contributed by atoms with Gasteiger partial charge in [0.05, 0.1) is 13.2 Å². The van der Waals surface area contributed by atoms with E-state index >= 15 is 0 Å². The molecule has 254 valence electrons. The maximum absolute atomic E-state index is 12.3. The monoisotopic (exact) mass is 618 g/mol. The van der Waals surface area contributed by atoms with Crippen molar-refractivity contribution in [2.24, 2.45) is 0 Å². The summed E-state index contributed by atoms with van der Waals surface area (Å²) in [5.74, 6) is 0.534. The van der Waals surface area contributed by atoms with E-state index in [9.17, 15) is 9.59 Å². The molecule has 1 rings (SSSR count). The molecule has 0 aliphatic carbocycles. The topological polar surface area (TPSA) is 65.1 Å². The summed E-state index contributed by atoms with van der Waals surface area (Å²) in [5.41, 5.74) is 1.25. The van der Waals surface area contributed by atoms with Gasteiger partial charge in [-0.2, -0.15) is 0 Å². The van der Waals surface area contributed by atoms with Crippen LogP contribution in [0.25, 0.3) is 0 Å². The average Bonchev–Trinajstić information content (AvgIpc) is 3.02. The van der Waals surface area contributed by atoms with Gasteiger partial charge in [0, 0.05) is 26.5 Å². The van der Waals surface area contributed by atoms with Crippen molar-refractivity contribution < 1.29 is 23.8 Å². The quantitative estimate of drug-likeness (QED) is 0.0469. The highest BCUT2D eigenvalue weighted by atomic mass is 16.5. The molecule has 0 aromatic heterocycles. The first-order chi connectivity index (χ1) is 21.6. The number of carbonyl (C=O) groups excluding carboxylic acids is 2. The lowest BCUT2D eigenvalue weighted by Crippen LogP contribution is -2.29. The Hall–Kier alpha value is -1.92. The zero-order valence-electron chi connectivity index (χ0n) is 28.9. The molecule has 0 radical (unpaired) electrons. The number of ether oxygens (including phenoxy) is 3. The Morgan fingerprint density at radius 3 is 1.84 bits per heavy atom. The van der Waals surface area contributed by atoms with E-state index in [0.717, 1.165) is 71.2 Å². The normalized spacial score (nSPS) is 11.3. The molecule has 44 heavy (non-hydrogen) atoms. The predicted molar refractivity (Wildman–Crippen MR) is 183 cm³/mol. The van der Waals surface area contributed by atoms with Crippen molar-refractivity contribution in [1.82, 2.24) is 4.90 Å². The number of carbonyl (C=O) groups is 2. The Kier molecular flexibility index (Phi) is 27.1. The third kappa shape index (κ3) is 24.4. The zero-order chi connectivity index (χ0) is 31.9. The molecular weight excluding hydrogens is 550 g/mol. The van der Waals surface area contributed by atoms with Crippen molar-refractivity contribution in [3.05, 3.63) is 29.8 Å². The van der Waals surface area contributed by atoms with Crippen molar-refractivity contribution in [2.75, 3.05) is 40.0 Å². The van der Waals surface area contributed by atoms with E-state index in [1.54, 1.807) is 7.11 Å². The van der Waals surface area contributed by atoms with Crippen molar-refractivity contribution in [3.63, 3.8) is 0 Å². The number of esters is 2. The Labute approximate surface area is 271 Å². The molecular formula is C38H67NO5. The van der Waals surface area contributed by atoms with Crippen LogP contribution in [0, 0.1) is 0 Å². The van der Waals surface area contributed by atoms with Crippen LogP contribution in [0.1, 0.15) is 154 Å². The minimum absolute atomic E-state index is 0.0250. The number of benzene rings is 1. The summed E-state index contributed by atoms with van der Waals surface area (Å²) in [6.07, 6.45) is 24.1. The summed E-state index contributed by atoms with van der Waals surface area (Å²) >= 11 is 0. The highest BCUT2D eigenvalue weighted by Crippen LogP contribution is 2.17. The van der Waals surface area contributed by atoms with Crippen LogP contribution in [0.4, 0.5) is 0 Å². The van der Waals surface area contributed by atoms with Crippen molar-refractivity contribution in [1.29, 1.82) is 0 Å². The number of hydrogen-bond donors (Lipinski definition) is 0.